The van der Waals surface area contributed by atoms with Crippen LogP contribution in [0.15, 0.2) is 4.99 Å². The van der Waals surface area contributed by atoms with Gasteiger partial charge in [0.2, 0.25) is 5.96 Å². The number of aliphatic imine (C=N–C) groups is 1. The smallest absolute Gasteiger partial charge is 0.316 e. The zero-order valence-corrected chi connectivity index (χ0v) is 7.73. The fourth-order valence-corrected chi connectivity index (χ4v) is 0.909. The van der Waals surface area contributed by atoms with Crippen LogP contribution in [0, 0.1) is 0 Å². The Morgan fingerprint density at radius 3 is 1.73 bits per heavy atom. The highest BCUT2D eigenvalue weighted by Crippen LogP contribution is 2.08. The molecule has 0 aliphatic carbocycles. The van der Waals surface area contributed by atoms with Crippen LogP contribution in [-0.2, 0) is 9.59 Å². The lowest BCUT2D eigenvalue weighted by Crippen LogP contribution is -2.43. The van der Waals surface area contributed by atoms with Gasteiger partial charge in [-0.3, -0.25) is 20.2 Å². The normalized spacial score (nSPS) is 16.3. The first-order valence-electron chi connectivity index (χ1n) is 4.11. The molecule has 8 nitrogen and oxygen atoms in total. The fraction of sp³-hybridized carbons (Fsp3) is 0.571. The van der Waals surface area contributed by atoms with Gasteiger partial charge in [0.15, 0.2) is 0 Å². The van der Waals surface area contributed by atoms with Crippen LogP contribution in [0.4, 0.5) is 0 Å². The van der Waals surface area contributed by atoms with Gasteiger partial charge in [-0.05, 0) is 0 Å². The topological polar surface area (TPSA) is 131 Å². The number of guanidine groups is 1. The number of nitrogens with one attached hydrogen (secondary N) is 2. The summed E-state index contributed by atoms with van der Waals surface area (Å²) in [5.41, 5.74) is -1.51. The molecule has 1 heterocycles. The Kier molecular flexibility index (Phi) is 3.35. The standard InChI is InChI=1S/C7H11N3O5/c11-1-7(2-12,3-13)10-6-8-4(14)5(15)9-6/h11-13H,1-3H2,(H2,8,9,10,14,15). The number of carbonyl (C=O) groups is 2. The highest BCUT2D eigenvalue weighted by atomic mass is 16.3. The predicted molar refractivity (Wildman–Crippen MR) is 47.7 cm³/mol. The third-order valence-electron chi connectivity index (χ3n) is 1.90. The van der Waals surface area contributed by atoms with Gasteiger partial charge in [-0.25, -0.2) is 4.99 Å². The third kappa shape index (κ3) is 2.29. The predicted octanol–water partition coefficient (Wildman–Crippen LogP) is -3.70. The zero-order valence-electron chi connectivity index (χ0n) is 7.73. The van der Waals surface area contributed by atoms with Gasteiger partial charge in [0, 0.05) is 0 Å². The Hall–Kier alpha value is -1.51. The molecule has 1 rings (SSSR count). The van der Waals surface area contributed by atoms with E-state index < -0.39 is 37.2 Å². The summed E-state index contributed by atoms with van der Waals surface area (Å²) in [6.07, 6.45) is 0. The molecule has 2 amide bonds. The minimum Gasteiger partial charge on any atom is -0.394 e. The van der Waals surface area contributed by atoms with E-state index in [9.17, 15) is 9.59 Å². The third-order valence-corrected chi connectivity index (χ3v) is 1.90. The molecule has 15 heavy (non-hydrogen) atoms. The SMILES string of the molecule is O=C1NC(=NC(CO)(CO)CO)NC1=O. The van der Waals surface area contributed by atoms with Crippen molar-refractivity contribution in [2.24, 2.45) is 4.99 Å². The average Bonchev–Trinajstić information content (AvgIpc) is 2.55. The Morgan fingerprint density at radius 2 is 1.40 bits per heavy atom. The maximum Gasteiger partial charge on any atom is 0.316 e. The van der Waals surface area contributed by atoms with Crippen LogP contribution in [0.3, 0.4) is 0 Å². The van der Waals surface area contributed by atoms with Crippen LogP contribution in [-0.4, -0.2) is 58.5 Å². The molecule has 0 aromatic carbocycles. The number of aliphatic hydroxyl groups excluding tert-OH is 3. The van der Waals surface area contributed by atoms with E-state index in [0.29, 0.717) is 0 Å². The minimum atomic E-state index is -1.51. The lowest BCUT2D eigenvalue weighted by Gasteiger charge is -2.22. The molecule has 8 heteroatoms. The second-order valence-electron chi connectivity index (χ2n) is 3.07. The van der Waals surface area contributed by atoms with Crippen LogP contribution in [0.25, 0.3) is 0 Å². The molecule has 0 aromatic rings. The van der Waals surface area contributed by atoms with Gasteiger partial charge in [0.05, 0.1) is 19.8 Å². The van der Waals surface area contributed by atoms with Crippen molar-refractivity contribution in [1.29, 1.82) is 0 Å². The molecule has 84 valence electrons. The molecule has 0 spiro atoms. The van der Waals surface area contributed by atoms with Crippen molar-refractivity contribution in [3.63, 3.8) is 0 Å². The molecule has 0 aromatic heterocycles. The van der Waals surface area contributed by atoms with Gasteiger partial charge in [-0.15, -0.1) is 0 Å². The second-order valence-corrected chi connectivity index (χ2v) is 3.07. The van der Waals surface area contributed by atoms with Gasteiger partial charge in [0.1, 0.15) is 5.54 Å². The van der Waals surface area contributed by atoms with E-state index in [-0.39, 0.29) is 5.96 Å². The first-order chi connectivity index (χ1) is 7.06. The molecule has 0 saturated carbocycles. The highest BCUT2D eigenvalue weighted by Gasteiger charge is 2.32. The summed E-state index contributed by atoms with van der Waals surface area (Å²) in [4.78, 5) is 25.2. The van der Waals surface area contributed by atoms with Crippen LogP contribution in [0.5, 0.6) is 0 Å². The zero-order chi connectivity index (χ0) is 11.5. The lowest BCUT2D eigenvalue weighted by molar-refractivity contribution is -0.135. The Bertz CT molecular complexity index is 283. The largest absolute Gasteiger partial charge is 0.394 e. The maximum absolute atomic E-state index is 10.7. The van der Waals surface area contributed by atoms with Crippen molar-refractivity contribution in [2.75, 3.05) is 19.8 Å². The number of hydrogen-bond acceptors (Lipinski definition) is 6. The van der Waals surface area contributed by atoms with Gasteiger partial charge in [-0.1, -0.05) is 0 Å². The van der Waals surface area contributed by atoms with Crippen molar-refractivity contribution >= 4 is 17.8 Å². The number of nitrogens with zero attached hydrogens (tertiary/aromatic N) is 1. The maximum atomic E-state index is 10.7. The van der Waals surface area contributed by atoms with E-state index in [1.54, 1.807) is 0 Å². The average molecular weight is 217 g/mol. The van der Waals surface area contributed by atoms with E-state index in [1.165, 1.54) is 0 Å². The van der Waals surface area contributed by atoms with E-state index in [2.05, 4.69) is 15.6 Å². The van der Waals surface area contributed by atoms with Crippen molar-refractivity contribution in [3.05, 3.63) is 0 Å². The van der Waals surface area contributed by atoms with Crippen molar-refractivity contribution in [2.45, 2.75) is 5.54 Å². The summed E-state index contributed by atoms with van der Waals surface area (Å²) in [5, 5.41) is 30.9. The van der Waals surface area contributed by atoms with Crippen LogP contribution in [0.1, 0.15) is 0 Å². The Labute approximate surface area is 84.6 Å². The van der Waals surface area contributed by atoms with Gasteiger partial charge >= 0.3 is 11.8 Å². The summed E-state index contributed by atoms with van der Waals surface area (Å²) in [6.45, 7) is -1.85. The van der Waals surface area contributed by atoms with Crippen molar-refractivity contribution < 1.29 is 24.9 Å². The summed E-state index contributed by atoms with van der Waals surface area (Å²) in [6, 6.07) is 0. The van der Waals surface area contributed by atoms with Crippen molar-refractivity contribution in [3.8, 4) is 0 Å². The van der Waals surface area contributed by atoms with Gasteiger partial charge in [-0.2, -0.15) is 0 Å². The first-order valence-corrected chi connectivity index (χ1v) is 4.11. The van der Waals surface area contributed by atoms with Gasteiger partial charge < -0.3 is 15.3 Å². The van der Waals surface area contributed by atoms with Crippen molar-refractivity contribution in [1.82, 2.24) is 10.6 Å². The fourth-order valence-electron chi connectivity index (χ4n) is 0.909. The number of carbonyl (C=O) groups excluding carboxylic acids is 2. The molecular weight excluding hydrogens is 206 g/mol. The molecule has 1 fully saturated rings. The first kappa shape index (κ1) is 11.6. The van der Waals surface area contributed by atoms with Gasteiger partial charge in [0.25, 0.3) is 0 Å². The number of aliphatic hydroxyl groups is 3. The van der Waals surface area contributed by atoms with E-state index in [1.807, 2.05) is 0 Å². The van der Waals surface area contributed by atoms with Crippen LogP contribution < -0.4 is 10.6 Å². The summed E-state index contributed by atoms with van der Waals surface area (Å²) < 4.78 is 0. The Balaban J connectivity index is 2.86. The lowest BCUT2D eigenvalue weighted by atomic mass is 10.1. The monoisotopic (exact) mass is 217 g/mol. The molecule has 1 aliphatic heterocycles. The number of amides is 2. The summed E-state index contributed by atoms with van der Waals surface area (Å²) in [7, 11) is 0. The quantitative estimate of drug-likeness (QED) is 0.309. The van der Waals surface area contributed by atoms with Crippen LogP contribution in [0.2, 0.25) is 0 Å². The number of rotatable bonds is 4. The molecule has 1 aliphatic rings. The molecular formula is C7H11N3O5. The highest BCUT2D eigenvalue weighted by molar-refractivity contribution is 6.45. The molecule has 0 atom stereocenters. The molecule has 0 radical (unpaired) electrons. The molecule has 0 unspecified atom stereocenters. The van der Waals surface area contributed by atoms with Crippen LogP contribution >= 0.6 is 0 Å². The molecule has 5 N–H and O–H groups in total. The summed E-state index contributed by atoms with van der Waals surface area (Å²) in [5.74, 6) is -1.95. The minimum absolute atomic E-state index is 0.192. The van der Waals surface area contributed by atoms with E-state index in [0.717, 1.165) is 0 Å². The molecule has 1 saturated heterocycles. The number of hydrogen-bond donors (Lipinski definition) is 5. The second kappa shape index (κ2) is 4.34. The van der Waals surface area contributed by atoms with E-state index >= 15 is 0 Å². The summed E-state index contributed by atoms with van der Waals surface area (Å²) >= 11 is 0. The molecule has 0 bridgehead atoms. The van der Waals surface area contributed by atoms with E-state index in [4.69, 9.17) is 15.3 Å². The Morgan fingerprint density at radius 1 is 1.00 bits per heavy atom.